The number of hydrogen-bond acceptors (Lipinski definition) is 4. The van der Waals surface area contributed by atoms with Crippen molar-refractivity contribution in [2.24, 2.45) is 0 Å². The molecule has 0 saturated carbocycles. The molecule has 0 unspecified atom stereocenters. The molecule has 3 rings (SSSR count). The molecule has 0 spiro atoms. The number of carbonyl (C=O) groups excluding carboxylic acids is 2. The lowest BCUT2D eigenvalue weighted by Gasteiger charge is -2.24. The van der Waals surface area contributed by atoms with E-state index in [2.05, 4.69) is 5.32 Å². The highest BCUT2D eigenvalue weighted by atomic mass is 16.6. The van der Waals surface area contributed by atoms with Crippen LogP contribution in [-0.2, 0) is 16.0 Å². The van der Waals surface area contributed by atoms with Gasteiger partial charge in [-0.25, -0.2) is 0 Å². The molecule has 0 aliphatic carbocycles. The molecule has 2 aromatic rings. The second-order valence-electron chi connectivity index (χ2n) is 6.33. The summed E-state index contributed by atoms with van der Waals surface area (Å²) in [6, 6.07) is 15.4. The third-order valence-corrected chi connectivity index (χ3v) is 4.36. The van der Waals surface area contributed by atoms with Gasteiger partial charge >= 0.3 is 0 Å². The first-order valence-electron chi connectivity index (χ1n) is 9.12. The Hall–Kier alpha value is -3.02. The number of hydrogen-bond donors (Lipinski definition) is 1. The number of nitrogens with zero attached hydrogens (tertiary/aromatic N) is 1. The number of anilines is 1. The third-order valence-electron chi connectivity index (χ3n) is 4.36. The van der Waals surface area contributed by atoms with Crippen LogP contribution in [0, 0.1) is 0 Å². The Morgan fingerprint density at radius 1 is 1.04 bits per heavy atom. The second kappa shape index (κ2) is 9.07. The molecule has 1 aliphatic heterocycles. The molecule has 1 aliphatic rings. The van der Waals surface area contributed by atoms with Crippen molar-refractivity contribution in [3.63, 3.8) is 0 Å². The van der Waals surface area contributed by atoms with E-state index in [4.69, 9.17) is 9.47 Å². The van der Waals surface area contributed by atoms with Gasteiger partial charge in [0.05, 0.1) is 0 Å². The van der Waals surface area contributed by atoms with Gasteiger partial charge in [0.25, 0.3) is 0 Å². The summed E-state index contributed by atoms with van der Waals surface area (Å²) >= 11 is 0. The van der Waals surface area contributed by atoms with Crippen molar-refractivity contribution in [2.75, 3.05) is 31.2 Å². The Morgan fingerprint density at radius 2 is 1.78 bits per heavy atom. The number of nitrogens with one attached hydrogen (secondary N) is 1. The smallest absolute Gasteiger partial charge is 0.223 e. The Balaban J connectivity index is 1.52. The molecular weight excluding hydrogens is 344 g/mol. The molecule has 2 aromatic carbocycles. The van der Waals surface area contributed by atoms with Crippen LogP contribution in [-0.4, -0.2) is 38.1 Å². The Labute approximate surface area is 159 Å². The topological polar surface area (TPSA) is 67.9 Å². The van der Waals surface area contributed by atoms with Crippen LogP contribution in [0.3, 0.4) is 0 Å². The van der Waals surface area contributed by atoms with E-state index in [-0.39, 0.29) is 18.2 Å². The number of fused-ring (bicyclic) bond motifs is 1. The zero-order chi connectivity index (χ0) is 19.1. The monoisotopic (exact) mass is 368 g/mol. The molecule has 0 bridgehead atoms. The highest BCUT2D eigenvalue weighted by molar-refractivity contribution is 5.92. The van der Waals surface area contributed by atoms with Crippen molar-refractivity contribution in [3.8, 4) is 11.5 Å². The van der Waals surface area contributed by atoms with Gasteiger partial charge < -0.3 is 19.7 Å². The summed E-state index contributed by atoms with van der Waals surface area (Å²) in [5.74, 6) is 1.10. The van der Waals surface area contributed by atoms with Crippen molar-refractivity contribution >= 4 is 17.5 Å². The summed E-state index contributed by atoms with van der Waals surface area (Å²) < 4.78 is 11.1. The SMILES string of the molecule is CC(=O)N(CCC(=O)NCCc1ccccc1)c1ccc2c(c1)OCCO2. The van der Waals surface area contributed by atoms with Crippen LogP contribution in [0.5, 0.6) is 11.5 Å². The van der Waals surface area contributed by atoms with Crippen LogP contribution >= 0.6 is 0 Å². The van der Waals surface area contributed by atoms with E-state index < -0.39 is 0 Å². The van der Waals surface area contributed by atoms with Crippen LogP contribution in [0.4, 0.5) is 5.69 Å². The van der Waals surface area contributed by atoms with Gasteiger partial charge in [-0.15, -0.1) is 0 Å². The van der Waals surface area contributed by atoms with Crippen molar-refractivity contribution in [1.82, 2.24) is 5.32 Å². The summed E-state index contributed by atoms with van der Waals surface area (Å²) in [7, 11) is 0. The minimum atomic E-state index is -0.122. The molecule has 142 valence electrons. The van der Waals surface area contributed by atoms with E-state index in [0.29, 0.717) is 43.5 Å². The van der Waals surface area contributed by atoms with Crippen molar-refractivity contribution in [3.05, 3.63) is 54.1 Å². The van der Waals surface area contributed by atoms with Gasteiger partial charge in [0.15, 0.2) is 11.5 Å². The van der Waals surface area contributed by atoms with Gasteiger partial charge in [0, 0.05) is 38.2 Å². The van der Waals surface area contributed by atoms with Crippen LogP contribution in [0.25, 0.3) is 0 Å². The van der Waals surface area contributed by atoms with Gasteiger partial charge in [0.1, 0.15) is 13.2 Å². The standard InChI is InChI=1S/C21H24N2O4/c1-16(24)23(18-7-8-19-20(15-18)27-14-13-26-19)12-10-21(25)22-11-9-17-5-3-2-4-6-17/h2-8,15H,9-14H2,1H3,(H,22,25). The number of rotatable bonds is 7. The summed E-state index contributed by atoms with van der Waals surface area (Å²) in [6.07, 6.45) is 1.02. The molecular formula is C21H24N2O4. The minimum Gasteiger partial charge on any atom is -0.486 e. The highest BCUT2D eigenvalue weighted by Gasteiger charge is 2.18. The van der Waals surface area contributed by atoms with Crippen LogP contribution in [0.15, 0.2) is 48.5 Å². The van der Waals surface area contributed by atoms with E-state index in [0.717, 1.165) is 6.42 Å². The van der Waals surface area contributed by atoms with Crippen LogP contribution in [0.1, 0.15) is 18.9 Å². The van der Waals surface area contributed by atoms with Crippen molar-refractivity contribution < 1.29 is 19.1 Å². The van der Waals surface area contributed by atoms with E-state index in [9.17, 15) is 9.59 Å². The fourth-order valence-electron chi connectivity index (χ4n) is 2.96. The first-order valence-corrected chi connectivity index (χ1v) is 9.12. The largest absolute Gasteiger partial charge is 0.486 e. The average molecular weight is 368 g/mol. The number of ether oxygens (including phenoxy) is 2. The molecule has 0 atom stereocenters. The summed E-state index contributed by atoms with van der Waals surface area (Å²) in [6.45, 7) is 3.38. The number of amides is 2. The van der Waals surface area contributed by atoms with Crippen molar-refractivity contribution in [1.29, 1.82) is 0 Å². The maximum atomic E-state index is 12.1. The summed E-state index contributed by atoms with van der Waals surface area (Å²) in [5.41, 5.74) is 1.88. The van der Waals surface area contributed by atoms with E-state index in [1.807, 2.05) is 36.4 Å². The molecule has 1 N–H and O–H groups in total. The first kappa shape index (κ1) is 18.8. The lowest BCUT2D eigenvalue weighted by atomic mass is 10.1. The fraction of sp³-hybridized carbons (Fsp3) is 0.333. The van der Waals surface area contributed by atoms with Gasteiger partial charge in [-0.2, -0.15) is 0 Å². The molecule has 1 heterocycles. The first-order chi connectivity index (χ1) is 13.1. The van der Waals surface area contributed by atoms with Gasteiger partial charge in [-0.05, 0) is 24.1 Å². The normalized spacial score (nSPS) is 12.3. The number of carbonyl (C=O) groups is 2. The van der Waals surface area contributed by atoms with E-state index in [1.54, 1.807) is 17.0 Å². The lowest BCUT2D eigenvalue weighted by molar-refractivity contribution is -0.121. The highest BCUT2D eigenvalue weighted by Crippen LogP contribution is 2.34. The zero-order valence-electron chi connectivity index (χ0n) is 15.4. The second-order valence-corrected chi connectivity index (χ2v) is 6.33. The van der Waals surface area contributed by atoms with E-state index in [1.165, 1.54) is 12.5 Å². The molecule has 6 nitrogen and oxygen atoms in total. The van der Waals surface area contributed by atoms with Crippen molar-refractivity contribution in [2.45, 2.75) is 19.8 Å². The quantitative estimate of drug-likeness (QED) is 0.816. The van der Waals surface area contributed by atoms with Crippen LogP contribution < -0.4 is 19.7 Å². The molecule has 0 fully saturated rings. The van der Waals surface area contributed by atoms with Gasteiger partial charge in [0.2, 0.25) is 11.8 Å². The summed E-state index contributed by atoms with van der Waals surface area (Å²) in [5, 5.41) is 2.91. The van der Waals surface area contributed by atoms with Crippen LogP contribution in [0.2, 0.25) is 0 Å². The van der Waals surface area contributed by atoms with Gasteiger partial charge in [-0.3, -0.25) is 9.59 Å². The summed E-state index contributed by atoms with van der Waals surface area (Å²) in [4.78, 5) is 25.8. The maximum Gasteiger partial charge on any atom is 0.223 e. The zero-order valence-corrected chi connectivity index (χ0v) is 15.4. The Morgan fingerprint density at radius 3 is 2.52 bits per heavy atom. The average Bonchev–Trinajstić information content (AvgIpc) is 2.68. The van der Waals surface area contributed by atoms with E-state index >= 15 is 0 Å². The lowest BCUT2D eigenvalue weighted by Crippen LogP contribution is -2.34. The number of benzene rings is 2. The molecule has 6 heteroatoms. The molecule has 2 amide bonds. The Bertz CT molecular complexity index is 792. The molecule has 0 saturated heterocycles. The Kier molecular flexibility index (Phi) is 6.30. The molecule has 0 radical (unpaired) electrons. The molecule has 27 heavy (non-hydrogen) atoms. The fourth-order valence-corrected chi connectivity index (χ4v) is 2.96. The predicted octanol–water partition coefficient (Wildman–Crippen LogP) is 2.56. The predicted molar refractivity (Wildman–Crippen MR) is 103 cm³/mol. The maximum absolute atomic E-state index is 12.1. The third kappa shape index (κ3) is 5.23. The van der Waals surface area contributed by atoms with Gasteiger partial charge in [-0.1, -0.05) is 30.3 Å². The minimum absolute atomic E-state index is 0.0743. The molecule has 0 aromatic heterocycles.